The van der Waals surface area contributed by atoms with Crippen molar-refractivity contribution in [1.29, 1.82) is 0 Å². The topological polar surface area (TPSA) is 49.4 Å². The van der Waals surface area contributed by atoms with Crippen LogP contribution in [0.15, 0.2) is 36.4 Å². The van der Waals surface area contributed by atoms with Crippen molar-refractivity contribution < 1.29 is 18.4 Å². The fourth-order valence-electron chi connectivity index (χ4n) is 2.87. The molecule has 1 heterocycles. The van der Waals surface area contributed by atoms with E-state index in [1.807, 2.05) is 32.0 Å². The highest BCUT2D eigenvalue weighted by atomic mass is 32.2. The van der Waals surface area contributed by atoms with Crippen LogP contribution in [0.1, 0.15) is 21.5 Å². The van der Waals surface area contributed by atoms with E-state index in [1.54, 1.807) is 0 Å². The summed E-state index contributed by atoms with van der Waals surface area (Å²) in [5.41, 5.74) is 2.59. The normalized spacial score (nSPS) is 16.6. The first-order valence-corrected chi connectivity index (χ1v) is 9.23. The minimum absolute atomic E-state index is 0.102. The number of hydrogen-bond acceptors (Lipinski definition) is 3. The fraction of sp³-hybridized carbons (Fsp3) is 0.263. The number of hydrogen-bond donors (Lipinski definition) is 1. The zero-order valence-electron chi connectivity index (χ0n) is 14.4. The number of nitrogens with zero attached hydrogens (tertiary/aromatic N) is 1. The number of carbonyl (C=O) groups excluding carboxylic acids is 2. The molecule has 0 aromatic heterocycles. The lowest BCUT2D eigenvalue weighted by Crippen LogP contribution is -2.44. The van der Waals surface area contributed by atoms with Gasteiger partial charge in [0.25, 0.3) is 5.91 Å². The number of halogens is 2. The van der Waals surface area contributed by atoms with Gasteiger partial charge in [0.15, 0.2) is 0 Å². The first-order valence-electron chi connectivity index (χ1n) is 8.08. The van der Waals surface area contributed by atoms with Crippen LogP contribution in [-0.2, 0) is 4.79 Å². The fourth-order valence-corrected chi connectivity index (χ4v) is 4.03. The Labute approximate surface area is 154 Å². The smallest absolute Gasteiger partial charge is 0.255 e. The van der Waals surface area contributed by atoms with Crippen LogP contribution in [0, 0.1) is 25.5 Å². The van der Waals surface area contributed by atoms with Crippen molar-refractivity contribution in [2.24, 2.45) is 0 Å². The van der Waals surface area contributed by atoms with Crippen molar-refractivity contribution in [2.75, 3.05) is 16.9 Å². The van der Waals surface area contributed by atoms with Crippen molar-refractivity contribution in [1.82, 2.24) is 4.90 Å². The Balaban J connectivity index is 1.78. The van der Waals surface area contributed by atoms with Crippen LogP contribution in [0.25, 0.3) is 0 Å². The molecule has 0 unspecified atom stereocenters. The minimum atomic E-state index is -0.823. The molecular formula is C19H18F2N2O2S. The molecule has 4 nitrogen and oxygen atoms in total. The average molecular weight is 376 g/mol. The predicted molar refractivity (Wildman–Crippen MR) is 98.2 cm³/mol. The van der Waals surface area contributed by atoms with Gasteiger partial charge in [-0.1, -0.05) is 17.7 Å². The van der Waals surface area contributed by atoms with E-state index >= 15 is 0 Å². The maximum atomic E-state index is 13.4. The molecular weight excluding hydrogens is 358 g/mol. The van der Waals surface area contributed by atoms with Crippen molar-refractivity contribution in [3.05, 3.63) is 64.7 Å². The van der Waals surface area contributed by atoms with Crippen molar-refractivity contribution in [3.8, 4) is 0 Å². The average Bonchev–Trinajstić information content (AvgIpc) is 3.05. The van der Waals surface area contributed by atoms with E-state index in [0.29, 0.717) is 23.4 Å². The Morgan fingerprint density at radius 1 is 1.12 bits per heavy atom. The summed E-state index contributed by atoms with van der Waals surface area (Å²) < 4.78 is 26.8. The van der Waals surface area contributed by atoms with Gasteiger partial charge in [-0.3, -0.25) is 9.59 Å². The van der Waals surface area contributed by atoms with Gasteiger partial charge in [-0.25, -0.2) is 8.78 Å². The number of rotatable bonds is 3. The van der Waals surface area contributed by atoms with Gasteiger partial charge >= 0.3 is 0 Å². The van der Waals surface area contributed by atoms with Crippen LogP contribution < -0.4 is 5.32 Å². The van der Waals surface area contributed by atoms with E-state index in [-0.39, 0.29) is 11.5 Å². The summed E-state index contributed by atoms with van der Waals surface area (Å²) in [6.07, 6.45) is 0. The van der Waals surface area contributed by atoms with E-state index in [9.17, 15) is 18.4 Å². The quantitative estimate of drug-likeness (QED) is 0.888. The van der Waals surface area contributed by atoms with Crippen molar-refractivity contribution in [3.63, 3.8) is 0 Å². The molecule has 0 radical (unpaired) electrons. The summed E-state index contributed by atoms with van der Waals surface area (Å²) in [5.74, 6) is -1.79. The largest absolute Gasteiger partial charge is 0.324 e. The summed E-state index contributed by atoms with van der Waals surface area (Å²) in [4.78, 5) is 26.6. The minimum Gasteiger partial charge on any atom is -0.324 e. The summed E-state index contributed by atoms with van der Waals surface area (Å²) in [5, 5.41) is 2.84. The molecule has 1 saturated heterocycles. The second kappa shape index (κ2) is 7.45. The van der Waals surface area contributed by atoms with E-state index in [2.05, 4.69) is 5.32 Å². The highest BCUT2D eigenvalue weighted by Crippen LogP contribution is 2.25. The third-order valence-corrected chi connectivity index (χ3v) is 5.21. The Morgan fingerprint density at radius 3 is 2.46 bits per heavy atom. The molecule has 26 heavy (non-hydrogen) atoms. The number of carbonyl (C=O) groups is 2. The summed E-state index contributed by atoms with van der Waals surface area (Å²) >= 11 is 1.42. The second-order valence-electron chi connectivity index (χ2n) is 6.26. The van der Waals surface area contributed by atoms with Crippen molar-refractivity contribution in [2.45, 2.75) is 19.9 Å². The van der Waals surface area contributed by atoms with Crippen LogP contribution in [0.3, 0.4) is 0 Å². The molecule has 1 fully saturated rings. The molecule has 2 aromatic carbocycles. The number of amides is 2. The van der Waals surface area contributed by atoms with Crippen LogP contribution in [-0.4, -0.2) is 34.4 Å². The molecule has 3 rings (SSSR count). The molecule has 2 amide bonds. The zero-order chi connectivity index (χ0) is 18.8. The van der Waals surface area contributed by atoms with Crippen LogP contribution in [0.5, 0.6) is 0 Å². The summed E-state index contributed by atoms with van der Waals surface area (Å²) in [7, 11) is 0. The molecule has 0 saturated carbocycles. The highest BCUT2D eigenvalue weighted by Gasteiger charge is 2.35. The van der Waals surface area contributed by atoms with Gasteiger partial charge in [-0.2, -0.15) is 0 Å². The lowest BCUT2D eigenvalue weighted by Gasteiger charge is -2.23. The van der Waals surface area contributed by atoms with E-state index < -0.39 is 23.6 Å². The maximum Gasteiger partial charge on any atom is 0.255 e. The lowest BCUT2D eigenvalue weighted by molar-refractivity contribution is -0.119. The monoisotopic (exact) mass is 376 g/mol. The summed E-state index contributed by atoms with van der Waals surface area (Å²) in [6, 6.07) is 7.64. The molecule has 0 spiro atoms. The van der Waals surface area contributed by atoms with E-state index in [1.165, 1.54) is 16.7 Å². The van der Waals surface area contributed by atoms with Gasteiger partial charge in [-0.05, 0) is 37.6 Å². The van der Waals surface area contributed by atoms with Crippen LogP contribution in [0.2, 0.25) is 0 Å². The third kappa shape index (κ3) is 3.88. The standard InChI is InChI=1S/C19H18F2N2O2S/c1-11-3-4-16(12(2)5-11)22-18(24)17-9-26-10-23(17)19(25)13-6-14(20)8-15(21)7-13/h3-8,17H,9-10H2,1-2H3,(H,22,24)/t17-/m1/s1. The first-order chi connectivity index (χ1) is 12.3. The summed E-state index contributed by atoms with van der Waals surface area (Å²) in [6.45, 7) is 3.86. The van der Waals surface area contributed by atoms with Gasteiger partial charge in [0, 0.05) is 23.1 Å². The number of thioether (sulfide) groups is 1. The van der Waals surface area contributed by atoms with Gasteiger partial charge in [0.2, 0.25) is 5.91 Å². The number of nitrogens with one attached hydrogen (secondary N) is 1. The second-order valence-corrected chi connectivity index (χ2v) is 7.26. The first kappa shape index (κ1) is 18.4. The van der Waals surface area contributed by atoms with Crippen molar-refractivity contribution >= 4 is 29.3 Å². The Hall–Kier alpha value is -2.41. The van der Waals surface area contributed by atoms with Gasteiger partial charge in [0.1, 0.15) is 17.7 Å². The predicted octanol–water partition coefficient (Wildman–Crippen LogP) is 3.74. The molecule has 1 aliphatic rings. The Bertz CT molecular complexity index is 852. The molecule has 1 N–H and O–H groups in total. The van der Waals surface area contributed by atoms with Gasteiger partial charge in [-0.15, -0.1) is 11.8 Å². The van der Waals surface area contributed by atoms with Gasteiger partial charge < -0.3 is 10.2 Å². The van der Waals surface area contributed by atoms with Gasteiger partial charge in [0.05, 0.1) is 5.88 Å². The third-order valence-electron chi connectivity index (χ3n) is 4.20. The lowest BCUT2D eigenvalue weighted by atomic mass is 10.1. The van der Waals surface area contributed by atoms with E-state index in [0.717, 1.165) is 23.3 Å². The highest BCUT2D eigenvalue weighted by molar-refractivity contribution is 7.99. The molecule has 136 valence electrons. The number of benzene rings is 2. The Morgan fingerprint density at radius 2 is 1.81 bits per heavy atom. The van der Waals surface area contributed by atoms with E-state index in [4.69, 9.17) is 0 Å². The number of aryl methyl sites for hydroxylation is 2. The molecule has 0 aliphatic carbocycles. The molecule has 1 atom stereocenters. The zero-order valence-corrected chi connectivity index (χ0v) is 15.2. The molecule has 7 heteroatoms. The molecule has 0 bridgehead atoms. The van der Waals surface area contributed by atoms with Crippen LogP contribution >= 0.6 is 11.8 Å². The molecule has 2 aromatic rings. The Kier molecular flexibility index (Phi) is 5.27. The molecule has 1 aliphatic heterocycles. The number of anilines is 1. The maximum absolute atomic E-state index is 13.4. The SMILES string of the molecule is Cc1ccc(NC(=O)[C@H]2CSCN2C(=O)c2cc(F)cc(F)c2)c(C)c1. The van der Waals surface area contributed by atoms with Crippen LogP contribution in [0.4, 0.5) is 14.5 Å².